The Hall–Kier alpha value is -3.06. The summed E-state index contributed by atoms with van der Waals surface area (Å²) in [6, 6.07) is 2.64. The Bertz CT molecular complexity index is 1310. The summed E-state index contributed by atoms with van der Waals surface area (Å²) in [5.74, 6) is -3.88. The maximum Gasteiger partial charge on any atom is 0.416 e. The zero-order chi connectivity index (χ0) is 26.4. The number of alkyl halides is 3. The van der Waals surface area contributed by atoms with Crippen molar-refractivity contribution in [2.45, 2.75) is 48.8 Å². The minimum absolute atomic E-state index is 0.0820. The Kier molecular flexibility index (Phi) is 6.82. The molecule has 1 saturated carbocycles. The first-order valence-corrected chi connectivity index (χ1v) is 12.6. The van der Waals surface area contributed by atoms with Crippen molar-refractivity contribution in [1.29, 1.82) is 0 Å². The fraction of sp³-hybridized carbons (Fsp3) is 0.391. The summed E-state index contributed by atoms with van der Waals surface area (Å²) in [5.41, 5.74) is -1.82. The number of hydrogen-bond acceptors (Lipinski definition) is 4. The molecule has 13 heteroatoms. The lowest BCUT2D eigenvalue weighted by Crippen LogP contribution is -2.47. The highest BCUT2D eigenvalue weighted by Crippen LogP contribution is 2.43. The van der Waals surface area contributed by atoms with Crippen LogP contribution in [0.3, 0.4) is 0 Å². The number of nitrogens with zero attached hydrogens (tertiary/aromatic N) is 1. The van der Waals surface area contributed by atoms with E-state index in [2.05, 4.69) is 5.32 Å². The minimum Gasteiger partial charge on any atom is -0.347 e. The summed E-state index contributed by atoms with van der Waals surface area (Å²) >= 11 is 0. The van der Waals surface area contributed by atoms with Gasteiger partial charge >= 0.3 is 6.18 Å². The molecule has 2 aromatic carbocycles. The second kappa shape index (κ2) is 9.43. The highest BCUT2D eigenvalue weighted by Gasteiger charge is 2.41. The number of primary sulfonamides is 1. The van der Waals surface area contributed by atoms with Crippen molar-refractivity contribution in [3.8, 4) is 0 Å². The van der Waals surface area contributed by atoms with Gasteiger partial charge in [0.1, 0.15) is 17.7 Å². The van der Waals surface area contributed by atoms with E-state index in [9.17, 15) is 40.0 Å². The predicted octanol–water partition coefficient (Wildman–Crippen LogP) is 3.50. The Morgan fingerprint density at radius 3 is 2.31 bits per heavy atom. The van der Waals surface area contributed by atoms with Crippen LogP contribution < -0.4 is 10.5 Å². The largest absolute Gasteiger partial charge is 0.416 e. The molecule has 2 aromatic rings. The molecule has 1 aliphatic heterocycles. The summed E-state index contributed by atoms with van der Waals surface area (Å²) in [4.78, 5) is 26.8. The van der Waals surface area contributed by atoms with Crippen molar-refractivity contribution < 1.29 is 40.0 Å². The third kappa shape index (κ3) is 5.36. The van der Waals surface area contributed by atoms with Gasteiger partial charge in [0.25, 0.3) is 5.91 Å². The fourth-order valence-corrected chi connectivity index (χ4v) is 4.91. The molecular formula is C23H22F5N3O4S. The summed E-state index contributed by atoms with van der Waals surface area (Å²) in [6.07, 6.45) is -2.86. The number of carbonyl (C=O) groups excluding carboxylic acids is 2. The van der Waals surface area contributed by atoms with E-state index < -0.39 is 67.8 Å². The molecule has 4 rings (SSSR count). The molecule has 194 valence electrons. The molecule has 0 unspecified atom stereocenters. The SMILES string of the molecule is NS(=O)(=O)c1ccc(F)c(C(=O)N2CCC[C@@H]2C(=O)N[C@@H](c2ccc(C(F)(F)F)cc2F)C2CC2)c1. The molecule has 0 spiro atoms. The molecule has 3 N–H and O–H groups in total. The Morgan fingerprint density at radius 1 is 1.03 bits per heavy atom. The summed E-state index contributed by atoms with van der Waals surface area (Å²) in [7, 11) is -4.22. The van der Waals surface area contributed by atoms with Gasteiger partial charge in [0, 0.05) is 12.1 Å². The Morgan fingerprint density at radius 2 is 1.72 bits per heavy atom. The van der Waals surface area contributed by atoms with E-state index in [1.54, 1.807) is 0 Å². The molecular weight excluding hydrogens is 509 g/mol. The smallest absolute Gasteiger partial charge is 0.347 e. The molecule has 2 aliphatic rings. The number of carbonyl (C=O) groups is 2. The van der Waals surface area contributed by atoms with Crippen molar-refractivity contribution in [2.75, 3.05) is 6.54 Å². The number of halogens is 5. The van der Waals surface area contributed by atoms with E-state index >= 15 is 0 Å². The van der Waals surface area contributed by atoms with Gasteiger partial charge < -0.3 is 10.2 Å². The normalized spacial score (nSPS) is 19.3. The van der Waals surface area contributed by atoms with Crippen LogP contribution in [0.4, 0.5) is 22.0 Å². The molecule has 1 saturated heterocycles. The highest BCUT2D eigenvalue weighted by molar-refractivity contribution is 7.89. The van der Waals surface area contributed by atoms with Crippen LogP contribution in [0.15, 0.2) is 41.3 Å². The lowest BCUT2D eigenvalue weighted by molar-refractivity contribution is -0.137. The predicted molar refractivity (Wildman–Crippen MR) is 117 cm³/mol. The maximum absolute atomic E-state index is 14.6. The molecule has 36 heavy (non-hydrogen) atoms. The van der Waals surface area contributed by atoms with E-state index in [1.165, 1.54) is 0 Å². The van der Waals surface area contributed by atoms with Gasteiger partial charge in [0.2, 0.25) is 15.9 Å². The van der Waals surface area contributed by atoms with Crippen LogP contribution in [-0.4, -0.2) is 37.7 Å². The average molecular weight is 532 g/mol. The van der Waals surface area contributed by atoms with Gasteiger partial charge in [-0.15, -0.1) is 0 Å². The average Bonchev–Trinajstić information content (AvgIpc) is 3.51. The van der Waals surface area contributed by atoms with Crippen LogP contribution >= 0.6 is 0 Å². The zero-order valence-electron chi connectivity index (χ0n) is 18.7. The summed E-state index contributed by atoms with van der Waals surface area (Å²) < 4.78 is 91.0. The van der Waals surface area contributed by atoms with Gasteiger partial charge in [0.05, 0.1) is 22.1 Å². The van der Waals surface area contributed by atoms with Gasteiger partial charge in [0.15, 0.2) is 0 Å². The van der Waals surface area contributed by atoms with E-state index in [4.69, 9.17) is 5.14 Å². The highest BCUT2D eigenvalue weighted by atomic mass is 32.2. The van der Waals surface area contributed by atoms with Crippen molar-refractivity contribution in [1.82, 2.24) is 10.2 Å². The molecule has 0 radical (unpaired) electrons. The summed E-state index contributed by atoms with van der Waals surface area (Å²) in [5, 5.41) is 7.72. The number of nitrogens with one attached hydrogen (secondary N) is 1. The van der Waals surface area contributed by atoms with Crippen molar-refractivity contribution >= 4 is 21.8 Å². The van der Waals surface area contributed by atoms with Gasteiger partial charge in [-0.25, -0.2) is 22.3 Å². The second-order valence-electron chi connectivity index (χ2n) is 8.90. The van der Waals surface area contributed by atoms with E-state index in [0.717, 1.165) is 35.2 Å². The van der Waals surface area contributed by atoms with Crippen LogP contribution in [0.2, 0.25) is 0 Å². The molecule has 2 amide bonds. The van der Waals surface area contributed by atoms with E-state index in [-0.39, 0.29) is 24.4 Å². The second-order valence-corrected chi connectivity index (χ2v) is 10.5. The first kappa shape index (κ1) is 26.0. The minimum atomic E-state index is -4.72. The number of sulfonamides is 1. The monoisotopic (exact) mass is 531 g/mol. The molecule has 0 bridgehead atoms. The molecule has 0 aromatic heterocycles. The zero-order valence-corrected chi connectivity index (χ0v) is 19.5. The van der Waals surface area contributed by atoms with Crippen LogP contribution in [-0.2, 0) is 21.0 Å². The molecule has 2 fully saturated rings. The number of rotatable bonds is 6. The van der Waals surface area contributed by atoms with Gasteiger partial charge in [-0.1, -0.05) is 6.07 Å². The van der Waals surface area contributed by atoms with E-state index in [1.807, 2.05) is 0 Å². The quantitative estimate of drug-likeness (QED) is 0.556. The molecule has 1 aliphatic carbocycles. The van der Waals surface area contributed by atoms with Crippen molar-refractivity contribution in [2.24, 2.45) is 11.1 Å². The molecule has 1 heterocycles. The van der Waals surface area contributed by atoms with Gasteiger partial charge in [-0.05, 0) is 61.9 Å². The lowest BCUT2D eigenvalue weighted by Gasteiger charge is -2.27. The Labute approximate surface area is 203 Å². The molecule has 2 atom stereocenters. The van der Waals surface area contributed by atoms with Gasteiger partial charge in [-0.3, -0.25) is 9.59 Å². The van der Waals surface area contributed by atoms with Crippen LogP contribution in [0.25, 0.3) is 0 Å². The third-order valence-corrected chi connectivity index (χ3v) is 7.28. The number of likely N-dealkylation sites (tertiary alicyclic amines) is 1. The van der Waals surface area contributed by atoms with Crippen LogP contribution in [0, 0.1) is 17.6 Å². The number of hydrogen-bond donors (Lipinski definition) is 2. The Balaban J connectivity index is 1.56. The summed E-state index contributed by atoms with van der Waals surface area (Å²) in [6.45, 7) is 0.0820. The number of benzene rings is 2. The third-order valence-electron chi connectivity index (χ3n) is 6.37. The topological polar surface area (TPSA) is 110 Å². The maximum atomic E-state index is 14.6. The first-order valence-electron chi connectivity index (χ1n) is 11.1. The molecule has 7 nitrogen and oxygen atoms in total. The van der Waals surface area contributed by atoms with Crippen LogP contribution in [0.1, 0.15) is 53.2 Å². The van der Waals surface area contributed by atoms with Crippen molar-refractivity contribution in [3.05, 3.63) is 64.7 Å². The van der Waals surface area contributed by atoms with E-state index in [0.29, 0.717) is 25.3 Å². The standard InChI is InChI=1S/C23H22F5N3O4S/c24-17-8-6-14(36(29,34)35)11-16(17)22(33)31-9-1-2-19(31)21(32)30-20(12-3-4-12)15-7-5-13(10-18(15)25)23(26,27)28/h5-8,10-12,19-20H,1-4,9H2,(H,30,32)(H2,29,34,35)/t19-,20-/m1/s1. The first-order chi connectivity index (χ1) is 16.8. The van der Waals surface area contributed by atoms with Gasteiger partial charge in [-0.2, -0.15) is 13.2 Å². The number of nitrogens with two attached hydrogens (primary N) is 1. The van der Waals surface area contributed by atoms with Crippen LogP contribution in [0.5, 0.6) is 0 Å². The van der Waals surface area contributed by atoms with Crippen molar-refractivity contribution in [3.63, 3.8) is 0 Å². The number of amides is 2. The lowest BCUT2D eigenvalue weighted by atomic mass is 9.99. The fourth-order valence-electron chi connectivity index (χ4n) is 4.37.